The molecule has 0 spiro atoms. The Morgan fingerprint density at radius 2 is 2.10 bits per heavy atom. The molecule has 21 heavy (non-hydrogen) atoms. The zero-order chi connectivity index (χ0) is 15.0. The normalized spacial score (nSPS) is 18.2. The number of hydrogen-bond acceptors (Lipinski definition) is 5. The highest BCUT2D eigenvalue weighted by Gasteiger charge is 2.26. The number of aryl methyl sites for hydroxylation is 1. The minimum absolute atomic E-state index is 0.136. The predicted molar refractivity (Wildman–Crippen MR) is 80.1 cm³/mol. The fourth-order valence-electron chi connectivity index (χ4n) is 2.53. The third kappa shape index (κ3) is 3.17. The first-order valence-corrected chi connectivity index (χ1v) is 8.34. The van der Waals surface area contributed by atoms with Gasteiger partial charge in [0.1, 0.15) is 5.52 Å². The molecule has 0 unspecified atom stereocenters. The third-order valence-electron chi connectivity index (χ3n) is 3.68. The molecule has 1 aromatic heterocycles. The van der Waals surface area contributed by atoms with Crippen molar-refractivity contribution >= 4 is 27.3 Å². The first kappa shape index (κ1) is 14.3. The molecule has 0 amide bonds. The largest absolute Gasteiger partial charge is 0.424 e. The molecule has 0 bridgehead atoms. The summed E-state index contributed by atoms with van der Waals surface area (Å²) in [7, 11) is -3.58. The molecule has 0 radical (unpaired) electrons. The molecule has 0 aliphatic carbocycles. The van der Waals surface area contributed by atoms with Gasteiger partial charge in [-0.25, -0.2) is 5.14 Å². The second-order valence-corrected chi connectivity index (χ2v) is 6.90. The zero-order valence-corrected chi connectivity index (χ0v) is 12.6. The van der Waals surface area contributed by atoms with Crippen LogP contribution in [0.2, 0.25) is 0 Å². The van der Waals surface area contributed by atoms with Crippen molar-refractivity contribution in [1.29, 1.82) is 0 Å². The second-order valence-electron chi connectivity index (χ2n) is 5.35. The average Bonchev–Trinajstić information content (AvgIpc) is 2.79. The van der Waals surface area contributed by atoms with E-state index in [9.17, 15) is 8.42 Å². The van der Waals surface area contributed by atoms with Gasteiger partial charge in [0.05, 0.1) is 0 Å². The molecule has 3 rings (SSSR count). The summed E-state index contributed by atoms with van der Waals surface area (Å²) in [5.41, 5.74) is 2.69. The number of nitrogens with one attached hydrogen (secondary N) is 1. The number of aromatic nitrogens is 1. The minimum atomic E-state index is -3.58. The van der Waals surface area contributed by atoms with Crippen molar-refractivity contribution in [1.82, 2.24) is 9.29 Å². The molecule has 3 N–H and O–H groups in total. The van der Waals surface area contributed by atoms with Gasteiger partial charge in [-0.15, -0.1) is 0 Å². The topological polar surface area (TPSA) is 101 Å². The van der Waals surface area contributed by atoms with E-state index in [0.717, 1.165) is 16.7 Å². The summed E-state index contributed by atoms with van der Waals surface area (Å²) >= 11 is 0. The van der Waals surface area contributed by atoms with Gasteiger partial charge in [0.2, 0.25) is 0 Å². The summed E-state index contributed by atoms with van der Waals surface area (Å²) in [4.78, 5) is 4.40. The van der Waals surface area contributed by atoms with Crippen LogP contribution in [0.25, 0.3) is 11.1 Å². The van der Waals surface area contributed by atoms with Gasteiger partial charge in [0.25, 0.3) is 16.2 Å². The second kappa shape index (κ2) is 5.28. The number of hydrogen-bond donors (Lipinski definition) is 2. The molecular weight excluding hydrogens is 292 g/mol. The van der Waals surface area contributed by atoms with Crippen LogP contribution in [0.5, 0.6) is 0 Å². The average molecular weight is 310 g/mol. The van der Waals surface area contributed by atoms with Crippen LogP contribution in [0.15, 0.2) is 22.6 Å². The van der Waals surface area contributed by atoms with E-state index in [2.05, 4.69) is 10.3 Å². The summed E-state index contributed by atoms with van der Waals surface area (Å²) < 4.78 is 29.4. The third-order valence-corrected chi connectivity index (χ3v) is 4.77. The van der Waals surface area contributed by atoms with Gasteiger partial charge in [-0.1, -0.05) is 6.07 Å². The van der Waals surface area contributed by atoms with E-state index in [1.807, 2.05) is 25.1 Å². The fraction of sp³-hybridized carbons (Fsp3) is 0.462. The Balaban J connectivity index is 1.67. The van der Waals surface area contributed by atoms with Crippen LogP contribution in [-0.2, 0) is 10.2 Å². The predicted octanol–water partition coefficient (Wildman–Crippen LogP) is 1.22. The monoisotopic (exact) mass is 310 g/mol. The Labute approximate surface area is 123 Å². The van der Waals surface area contributed by atoms with E-state index in [-0.39, 0.29) is 6.04 Å². The van der Waals surface area contributed by atoms with Gasteiger partial charge in [-0.2, -0.15) is 17.7 Å². The van der Waals surface area contributed by atoms with Crippen molar-refractivity contribution < 1.29 is 12.8 Å². The maximum Gasteiger partial charge on any atom is 0.295 e. The molecule has 0 saturated carbocycles. The highest BCUT2D eigenvalue weighted by Crippen LogP contribution is 2.22. The van der Waals surface area contributed by atoms with E-state index in [4.69, 9.17) is 9.56 Å². The summed E-state index contributed by atoms with van der Waals surface area (Å²) in [6, 6.07) is 6.45. The fourth-order valence-corrected chi connectivity index (χ4v) is 3.25. The Bertz CT molecular complexity index is 748. The molecule has 1 aliphatic heterocycles. The SMILES string of the molecule is Cc1ccc2oc(NC3CCN(S(N)(=O)=O)CC3)nc2c1. The van der Waals surface area contributed by atoms with Crippen molar-refractivity contribution in [2.24, 2.45) is 5.14 Å². The number of anilines is 1. The lowest BCUT2D eigenvalue weighted by molar-refractivity contribution is 0.327. The number of benzene rings is 1. The molecule has 1 fully saturated rings. The van der Waals surface area contributed by atoms with Crippen LogP contribution in [0.4, 0.5) is 6.01 Å². The maximum absolute atomic E-state index is 11.3. The molecule has 1 saturated heterocycles. The van der Waals surface area contributed by atoms with Gasteiger partial charge in [-0.3, -0.25) is 0 Å². The van der Waals surface area contributed by atoms with E-state index in [0.29, 0.717) is 31.9 Å². The highest BCUT2D eigenvalue weighted by molar-refractivity contribution is 7.86. The van der Waals surface area contributed by atoms with E-state index in [1.165, 1.54) is 4.31 Å². The molecule has 1 aliphatic rings. The summed E-state index contributed by atoms with van der Waals surface area (Å²) in [5, 5.41) is 8.34. The van der Waals surface area contributed by atoms with Crippen LogP contribution < -0.4 is 10.5 Å². The molecule has 2 aromatic rings. The minimum Gasteiger partial charge on any atom is -0.424 e. The maximum atomic E-state index is 11.3. The van der Waals surface area contributed by atoms with Crippen molar-refractivity contribution in [2.45, 2.75) is 25.8 Å². The van der Waals surface area contributed by atoms with Crippen LogP contribution in [0, 0.1) is 6.92 Å². The standard InChI is InChI=1S/C13H18N4O3S/c1-9-2-3-12-11(8-9)16-13(20-12)15-10-4-6-17(7-5-10)21(14,18)19/h2-3,8,10H,4-7H2,1H3,(H,15,16)(H2,14,18,19). The van der Waals surface area contributed by atoms with Gasteiger partial charge in [0.15, 0.2) is 5.58 Å². The van der Waals surface area contributed by atoms with Gasteiger partial charge in [-0.05, 0) is 37.5 Å². The number of rotatable bonds is 3. The summed E-state index contributed by atoms with van der Waals surface area (Å²) in [6.07, 6.45) is 1.35. The van der Waals surface area contributed by atoms with Gasteiger partial charge >= 0.3 is 0 Å². The van der Waals surface area contributed by atoms with Crippen molar-refractivity contribution in [3.05, 3.63) is 23.8 Å². The number of fused-ring (bicyclic) bond motifs is 1. The number of nitrogens with two attached hydrogens (primary N) is 1. The lowest BCUT2D eigenvalue weighted by Gasteiger charge is -2.29. The Kier molecular flexibility index (Phi) is 3.60. The van der Waals surface area contributed by atoms with Gasteiger partial charge < -0.3 is 9.73 Å². The van der Waals surface area contributed by atoms with Crippen LogP contribution in [0.3, 0.4) is 0 Å². The smallest absolute Gasteiger partial charge is 0.295 e. The molecule has 0 atom stereocenters. The molecule has 7 nitrogen and oxygen atoms in total. The first-order chi connectivity index (χ1) is 9.91. The Morgan fingerprint density at radius 1 is 1.38 bits per heavy atom. The Morgan fingerprint density at radius 3 is 2.76 bits per heavy atom. The van der Waals surface area contributed by atoms with Crippen LogP contribution in [-0.4, -0.2) is 36.8 Å². The Hall–Kier alpha value is -1.64. The van der Waals surface area contributed by atoms with E-state index in [1.54, 1.807) is 0 Å². The lowest BCUT2D eigenvalue weighted by Crippen LogP contribution is -2.45. The van der Waals surface area contributed by atoms with Crippen LogP contribution >= 0.6 is 0 Å². The molecule has 8 heteroatoms. The lowest BCUT2D eigenvalue weighted by atomic mass is 10.1. The van der Waals surface area contributed by atoms with Crippen molar-refractivity contribution in [3.8, 4) is 0 Å². The number of oxazole rings is 1. The van der Waals surface area contributed by atoms with Crippen LogP contribution in [0.1, 0.15) is 18.4 Å². The van der Waals surface area contributed by atoms with Crippen molar-refractivity contribution in [2.75, 3.05) is 18.4 Å². The van der Waals surface area contributed by atoms with E-state index >= 15 is 0 Å². The van der Waals surface area contributed by atoms with E-state index < -0.39 is 10.2 Å². The van der Waals surface area contributed by atoms with Crippen molar-refractivity contribution in [3.63, 3.8) is 0 Å². The van der Waals surface area contributed by atoms with Gasteiger partial charge in [0, 0.05) is 19.1 Å². The quantitative estimate of drug-likeness (QED) is 0.887. The molecule has 114 valence electrons. The highest BCUT2D eigenvalue weighted by atomic mass is 32.2. The molecule has 1 aromatic carbocycles. The molecule has 2 heterocycles. The summed E-state index contributed by atoms with van der Waals surface area (Å²) in [5.74, 6) is 0. The number of nitrogens with zero attached hydrogens (tertiary/aromatic N) is 2. The first-order valence-electron chi connectivity index (χ1n) is 6.83. The zero-order valence-electron chi connectivity index (χ0n) is 11.7. The summed E-state index contributed by atoms with van der Waals surface area (Å²) in [6.45, 7) is 2.83. The molecular formula is C13H18N4O3S. The number of piperidine rings is 1.